The SMILES string of the molecule is CCN=C(NC1CC1C)N(C)CC1CCOC1. The van der Waals surface area contributed by atoms with Crippen LogP contribution in [-0.4, -0.2) is 50.3 Å². The molecule has 3 unspecified atom stereocenters. The number of guanidine groups is 1. The second kappa shape index (κ2) is 5.71. The third-order valence-corrected chi connectivity index (χ3v) is 3.65. The summed E-state index contributed by atoms with van der Waals surface area (Å²) in [5.74, 6) is 2.54. The first kappa shape index (κ1) is 12.7. The Bertz CT molecular complexity index is 274. The molecular weight excluding hydrogens is 214 g/mol. The van der Waals surface area contributed by atoms with Crippen molar-refractivity contribution in [2.45, 2.75) is 32.7 Å². The van der Waals surface area contributed by atoms with Gasteiger partial charge in [-0.25, -0.2) is 0 Å². The lowest BCUT2D eigenvalue weighted by Crippen LogP contribution is -2.43. The van der Waals surface area contributed by atoms with Crippen LogP contribution in [0.5, 0.6) is 0 Å². The molecule has 4 nitrogen and oxygen atoms in total. The Morgan fingerprint density at radius 1 is 1.53 bits per heavy atom. The zero-order valence-corrected chi connectivity index (χ0v) is 11.3. The van der Waals surface area contributed by atoms with Crippen molar-refractivity contribution in [1.82, 2.24) is 10.2 Å². The van der Waals surface area contributed by atoms with E-state index in [4.69, 9.17) is 4.74 Å². The van der Waals surface area contributed by atoms with Crippen LogP contribution < -0.4 is 5.32 Å². The molecule has 0 radical (unpaired) electrons. The maximum Gasteiger partial charge on any atom is 0.193 e. The Hall–Kier alpha value is -0.770. The normalized spacial score (nSPS) is 32.6. The van der Waals surface area contributed by atoms with Gasteiger partial charge in [0, 0.05) is 38.7 Å². The maximum absolute atomic E-state index is 5.42. The Kier molecular flexibility index (Phi) is 4.26. The predicted octanol–water partition coefficient (Wildman–Crippen LogP) is 1.33. The van der Waals surface area contributed by atoms with Crippen LogP contribution in [0.4, 0.5) is 0 Å². The lowest BCUT2D eigenvalue weighted by molar-refractivity contribution is 0.181. The molecular formula is C13H25N3O. The van der Waals surface area contributed by atoms with Crippen LogP contribution in [0.1, 0.15) is 26.7 Å². The summed E-state index contributed by atoms with van der Waals surface area (Å²) in [5, 5.41) is 3.55. The van der Waals surface area contributed by atoms with Gasteiger partial charge in [0.1, 0.15) is 0 Å². The molecule has 2 fully saturated rings. The predicted molar refractivity (Wildman–Crippen MR) is 70.2 cm³/mol. The van der Waals surface area contributed by atoms with E-state index in [1.807, 2.05) is 0 Å². The molecule has 0 bridgehead atoms. The topological polar surface area (TPSA) is 36.9 Å². The number of rotatable bonds is 4. The summed E-state index contributed by atoms with van der Waals surface area (Å²) >= 11 is 0. The Labute approximate surface area is 104 Å². The number of nitrogens with zero attached hydrogens (tertiary/aromatic N) is 2. The molecule has 0 aromatic rings. The molecule has 0 amide bonds. The van der Waals surface area contributed by atoms with Gasteiger partial charge in [-0.05, 0) is 25.7 Å². The highest BCUT2D eigenvalue weighted by atomic mass is 16.5. The Balaban J connectivity index is 1.83. The molecule has 4 heteroatoms. The minimum absolute atomic E-state index is 0.641. The molecule has 2 aliphatic rings. The highest BCUT2D eigenvalue weighted by molar-refractivity contribution is 5.80. The van der Waals surface area contributed by atoms with E-state index in [-0.39, 0.29) is 0 Å². The molecule has 1 saturated carbocycles. The third kappa shape index (κ3) is 3.60. The highest BCUT2D eigenvalue weighted by Crippen LogP contribution is 2.29. The number of aliphatic imine (C=N–C) groups is 1. The van der Waals surface area contributed by atoms with E-state index in [9.17, 15) is 0 Å². The lowest BCUT2D eigenvalue weighted by atomic mass is 10.1. The van der Waals surface area contributed by atoms with Gasteiger partial charge in [-0.3, -0.25) is 4.99 Å². The molecule has 1 N–H and O–H groups in total. The van der Waals surface area contributed by atoms with Gasteiger partial charge in [-0.2, -0.15) is 0 Å². The molecule has 0 aromatic heterocycles. The van der Waals surface area contributed by atoms with Crippen LogP contribution in [0.3, 0.4) is 0 Å². The number of ether oxygens (including phenoxy) is 1. The molecule has 0 aromatic carbocycles. The Morgan fingerprint density at radius 3 is 2.82 bits per heavy atom. The molecule has 1 heterocycles. The second-order valence-electron chi connectivity index (χ2n) is 5.37. The van der Waals surface area contributed by atoms with E-state index >= 15 is 0 Å². The minimum Gasteiger partial charge on any atom is -0.381 e. The van der Waals surface area contributed by atoms with E-state index in [1.54, 1.807) is 0 Å². The summed E-state index contributed by atoms with van der Waals surface area (Å²) in [6.07, 6.45) is 2.46. The third-order valence-electron chi connectivity index (χ3n) is 3.65. The van der Waals surface area contributed by atoms with Gasteiger partial charge in [0.15, 0.2) is 5.96 Å². The van der Waals surface area contributed by atoms with Gasteiger partial charge in [0.25, 0.3) is 0 Å². The number of nitrogens with one attached hydrogen (secondary N) is 1. The van der Waals surface area contributed by atoms with Gasteiger partial charge in [0.2, 0.25) is 0 Å². The van der Waals surface area contributed by atoms with E-state index < -0.39 is 0 Å². The molecule has 1 aliphatic heterocycles. The first-order valence-electron chi connectivity index (χ1n) is 6.80. The first-order chi connectivity index (χ1) is 8.20. The van der Waals surface area contributed by atoms with Gasteiger partial charge < -0.3 is 15.0 Å². The van der Waals surface area contributed by atoms with Crippen molar-refractivity contribution in [3.8, 4) is 0 Å². The van der Waals surface area contributed by atoms with E-state index in [2.05, 4.69) is 36.1 Å². The molecule has 2 rings (SSSR count). The van der Waals surface area contributed by atoms with Gasteiger partial charge >= 0.3 is 0 Å². The van der Waals surface area contributed by atoms with Crippen LogP contribution in [0.25, 0.3) is 0 Å². The average Bonchev–Trinajstić information content (AvgIpc) is 2.80. The number of hydrogen-bond acceptors (Lipinski definition) is 2. The van der Waals surface area contributed by atoms with Gasteiger partial charge in [0.05, 0.1) is 6.61 Å². The maximum atomic E-state index is 5.42. The van der Waals surface area contributed by atoms with Crippen molar-refractivity contribution in [2.75, 3.05) is 33.4 Å². The fourth-order valence-corrected chi connectivity index (χ4v) is 2.32. The van der Waals surface area contributed by atoms with E-state index in [0.717, 1.165) is 38.2 Å². The lowest BCUT2D eigenvalue weighted by Gasteiger charge is -2.25. The van der Waals surface area contributed by atoms with Crippen molar-refractivity contribution in [3.05, 3.63) is 0 Å². The fourth-order valence-electron chi connectivity index (χ4n) is 2.32. The van der Waals surface area contributed by atoms with Crippen molar-refractivity contribution < 1.29 is 4.74 Å². The summed E-state index contributed by atoms with van der Waals surface area (Å²) in [6.45, 7) is 8.09. The fraction of sp³-hybridized carbons (Fsp3) is 0.923. The molecule has 1 saturated heterocycles. The first-order valence-corrected chi connectivity index (χ1v) is 6.80. The van der Waals surface area contributed by atoms with Crippen molar-refractivity contribution in [2.24, 2.45) is 16.8 Å². The molecule has 0 spiro atoms. The highest BCUT2D eigenvalue weighted by Gasteiger charge is 2.34. The van der Waals surface area contributed by atoms with Crippen molar-refractivity contribution in [1.29, 1.82) is 0 Å². The summed E-state index contributed by atoms with van der Waals surface area (Å²) in [7, 11) is 2.13. The van der Waals surface area contributed by atoms with Crippen LogP contribution in [0.2, 0.25) is 0 Å². The second-order valence-corrected chi connectivity index (χ2v) is 5.37. The monoisotopic (exact) mass is 239 g/mol. The standard InChI is InChI=1S/C13H25N3O/c1-4-14-13(15-12-7-10(12)2)16(3)8-11-5-6-17-9-11/h10-12H,4-9H2,1-3H3,(H,14,15). The molecule has 98 valence electrons. The molecule has 17 heavy (non-hydrogen) atoms. The number of hydrogen-bond donors (Lipinski definition) is 1. The average molecular weight is 239 g/mol. The van der Waals surface area contributed by atoms with Crippen LogP contribution in [0, 0.1) is 11.8 Å². The summed E-state index contributed by atoms with van der Waals surface area (Å²) in [4.78, 5) is 6.83. The molecule has 1 aliphatic carbocycles. The van der Waals surface area contributed by atoms with E-state index in [1.165, 1.54) is 12.8 Å². The summed E-state index contributed by atoms with van der Waals surface area (Å²) in [6, 6.07) is 0.641. The minimum atomic E-state index is 0.641. The zero-order valence-electron chi connectivity index (χ0n) is 11.3. The van der Waals surface area contributed by atoms with Gasteiger partial charge in [-0.15, -0.1) is 0 Å². The van der Waals surface area contributed by atoms with Crippen LogP contribution >= 0.6 is 0 Å². The largest absolute Gasteiger partial charge is 0.381 e. The van der Waals surface area contributed by atoms with Gasteiger partial charge in [-0.1, -0.05) is 6.92 Å². The van der Waals surface area contributed by atoms with Crippen molar-refractivity contribution in [3.63, 3.8) is 0 Å². The zero-order chi connectivity index (χ0) is 12.3. The van der Waals surface area contributed by atoms with E-state index in [0.29, 0.717) is 12.0 Å². The van der Waals surface area contributed by atoms with Crippen LogP contribution in [0.15, 0.2) is 4.99 Å². The summed E-state index contributed by atoms with van der Waals surface area (Å²) in [5.41, 5.74) is 0. The quantitative estimate of drug-likeness (QED) is 0.594. The summed E-state index contributed by atoms with van der Waals surface area (Å²) < 4.78 is 5.42. The molecule has 3 atom stereocenters. The van der Waals surface area contributed by atoms with Crippen molar-refractivity contribution >= 4 is 5.96 Å². The Morgan fingerprint density at radius 2 is 2.29 bits per heavy atom. The smallest absolute Gasteiger partial charge is 0.193 e. The van der Waals surface area contributed by atoms with Crippen LogP contribution in [-0.2, 0) is 4.74 Å².